The molecule has 5 heteroatoms. The normalized spacial score (nSPS) is 11.5. The van der Waals surface area contributed by atoms with Gasteiger partial charge in [0, 0.05) is 11.6 Å². The molecule has 0 aromatic heterocycles. The highest BCUT2D eigenvalue weighted by atomic mass is 16.5. The summed E-state index contributed by atoms with van der Waals surface area (Å²) in [6.45, 7) is 4.30. The molecule has 1 unspecified atom stereocenters. The third kappa shape index (κ3) is 4.91. The van der Waals surface area contributed by atoms with Crippen LogP contribution in [0.3, 0.4) is 0 Å². The number of benzene rings is 2. The van der Waals surface area contributed by atoms with Crippen LogP contribution >= 0.6 is 0 Å². The van der Waals surface area contributed by atoms with Crippen molar-refractivity contribution in [3.63, 3.8) is 0 Å². The van der Waals surface area contributed by atoms with Gasteiger partial charge in [0.1, 0.15) is 23.9 Å². The van der Waals surface area contributed by atoms with E-state index in [1.54, 1.807) is 32.4 Å². The van der Waals surface area contributed by atoms with Crippen molar-refractivity contribution in [1.82, 2.24) is 5.32 Å². The van der Waals surface area contributed by atoms with Crippen LogP contribution in [0.4, 0.5) is 0 Å². The molecular formula is C19H23NO4. The van der Waals surface area contributed by atoms with Gasteiger partial charge in [-0.25, -0.2) is 0 Å². The van der Waals surface area contributed by atoms with Crippen LogP contribution in [0.2, 0.25) is 0 Å². The summed E-state index contributed by atoms with van der Waals surface area (Å²) in [4.78, 5) is 12.4. The van der Waals surface area contributed by atoms with Crippen LogP contribution in [0.25, 0.3) is 0 Å². The molecule has 1 atom stereocenters. The molecule has 0 spiro atoms. The Bertz CT molecular complexity index is 660. The van der Waals surface area contributed by atoms with Gasteiger partial charge in [0.25, 0.3) is 5.91 Å². The average molecular weight is 329 g/mol. The number of methoxy groups -OCH3 is 2. The lowest BCUT2D eigenvalue weighted by Crippen LogP contribution is -2.36. The zero-order valence-corrected chi connectivity index (χ0v) is 14.5. The van der Waals surface area contributed by atoms with Gasteiger partial charge in [-0.2, -0.15) is 0 Å². The molecule has 0 saturated carbocycles. The first kappa shape index (κ1) is 17.7. The Kier molecular flexibility index (Phi) is 6.07. The second-order valence-electron chi connectivity index (χ2n) is 5.60. The number of amides is 1. The molecule has 24 heavy (non-hydrogen) atoms. The van der Waals surface area contributed by atoms with E-state index >= 15 is 0 Å². The number of hydrogen-bond donors (Lipinski definition) is 1. The second-order valence-corrected chi connectivity index (χ2v) is 5.60. The molecule has 2 rings (SSSR count). The molecule has 0 fully saturated rings. The van der Waals surface area contributed by atoms with E-state index in [-0.39, 0.29) is 11.9 Å². The van der Waals surface area contributed by atoms with Gasteiger partial charge in [0.15, 0.2) is 0 Å². The first-order valence-corrected chi connectivity index (χ1v) is 7.75. The maximum atomic E-state index is 12.4. The van der Waals surface area contributed by atoms with Crippen molar-refractivity contribution in [1.29, 1.82) is 0 Å². The van der Waals surface area contributed by atoms with Crippen LogP contribution in [0.5, 0.6) is 17.2 Å². The first-order valence-electron chi connectivity index (χ1n) is 7.75. The molecule has 0 radical (unpaired) electrons. The van der Waals surface area contributed by atoms with Crippen LogP contribution in [0.1, 0.15) is 22.8 Å². The molecule has 0 bridgehead atoms. The van der Waals surface area contributed by atoms with Crippen LogP contribution in [-0.2, 0) is 0 Å². The summed E-state index contributed by atoms with van der Waals surface area (Å²) in [5.74, 6) is 1.73. The van der Waals surface area contributed by atoms with Crippen molar-refractivity contribution >= 4 is 5.91 Å². The Labute approximate surface area is 142 Å². The number of hydrogen-bond acceptors (Lipinski definition) is 4. The zero-order chi connectivity index (χ0) is 17.5. The molecule has 0 saturated heterocycles. The van der Waals surface area contributed by atoms with Gasteiger partial charge >= 0.3 is 0 Å². The molecule has 5 nitrogen and oxygen atoms in total. The van der Waals surface area contributed by atoms with Gasteiger partial charge in [-0.1, -0.05) is 17.7 Å². The van der Waals surface area contributed by atoms with E-state index in [0.717, 1.165) is 5.75 Å². The third-order valence-corrected chi connectivity index (χ3v) is 3.51. The summed E-state index contributed by atoms with van der Waals surface area (Å²) in [6.07, 6.45) is 0. The fourth-order valence-electron chi connectivity index (χ4n) is 2.14. The minimum absolute atomic E-state index is 0.143. The number of rotatable bonds is 7. The quantitative estimate of drug-likeness (QED) is 0.847. The highest BCUT2D eigenvalue weighted by molar-refractivity contribution is 5.95. The smallest absolute Gasteiger partial charge is 0.251 e. The summed E-state index contributed by atoms with van der Waals surface area (Å²) in [5, 5.41) is 2.91. The van der Waals surface area contributed by atoms with Crippen molar-refractivity contribution < 1.29 is 19.0 Å². The maximum Gasteiger partial charge on any atom is 0.251 e. The summed E-state index contributed by atoms with van der Waals surface area (Å²) >= 11 is 0. The number of aryl methyl sites for hydroxylation is 1. The number of carbonyl (C=O) groups is 1. The van der Waals surface area contributed by atoms with E-state index in [2.05, 4.69) is 5.32 Å². The topological polar surface area (TPSA) is 56.8 Å². The summed E-state index contributed by atoms with van der Waals surface area (Å²) < 4.78 is 16.1. The van der Waals surface area contributed by atoms with Crippen molar-refractivity contribution in [2.75, 3.05) is 20.8 Å². The van der Waals surface area contributed by atoms with Gasteiger partial charge in [-0.05, 0) is 38.1 Å². The van der Waals surface area contributed by atoms with Gasteiger partial charge in [0.05, 0.1) is 20.3 Å². The minimum Gasteiger partial charge on any atom is -0.497 e. The molecular weight excluding hydrogens is 306 g/mol. The summed E-state index contributed by atoms with van der Waals surface area (Å²) in [7, 11) is 3.10. The SMILES string of the molecule is COc1cc(OC)cc(C(=O)NC(C)COc2ccc(C)cc2)c1. The van der Waals surface area contributed by atoms with Crippen molar-refractivity contribution in [2.24, 2.45) is 0 Å². The summed E-state index contributed by atoms with van der Waals surface area (Å²) in [6, 6.07) is 12.7. The van der Waals surface area contributed by atoms with Gasteiger partial charge < -0.3 is 19.5 Å². The first-order chi connectivity index (χ1) is 11.5. The fraction of sp³-hybridized carbons (Fsp3) is 0.316. The second kappa shape index (κ2) is 8.24. The highest BCUT2D eigenvalue weighted by Crippen LogP contribution is 2.22. The molecule has 1 amide bonds. The highest BCUT2D eigenvalue weighted by Gasteiger charge is 2.13. The summed E-state index contributed by atoms with van der Waals surface area (Å²) in [5.41, 5.74) is 1.66. The van der Waals surface area contributed by atoms with Crippen LogP contribution < -0.4 is 19.5 Å². The standard InChI is InChI=1S/C19H23NO4/c1-13-5-7-16(8-6-13)24-12-14(2)20-19(21)15-9-17(22-3)11-18(10-15)23-4/h5-11,14H,12H2,1-4H3,(H,20,21). The molecule has 128 valence electrons. The van der Waals surface area contributed by atoms with E-state index in [1.807, 2.05) is 38.1 Å². The van der Waals surface area contributed by atoms with Crippen LogP contribution in [0, 0.1) is 6.92 Å². The number of ether oxygens (including phenoxy) is 3. The zero-order valence-electron chi connectivity index (χ0n) is 14.5. The lowest BCUT2D eigenvalue weighted by atomic mass is 10.1. The van der Waals surface area contributed by atoms with E-state index < -0.39 is 0 Å². The van der Waals surface area contributed by atoms with Crippen molar-refractivity contribution in [3.05, 3.63) is 53.6 Å². The largest absolute Gasteiger partial charge is 0.497 e. The number of nitrogens with one attached hydrogen (secondary N) is 1. The average Bonchev–Trinajstić information content (AvgIpc) is 2.60. The maximum absolute atomic E-state index is 12.4. The third-order valence-electron chi connectivity index (χ3n) is 3.51. The Hall–Kier alpha value is -2.69. The van der Waals surface area contributed by atoms with E-state index in [0.29, 0.717) is 23.7 Å². The molecule has 0 aliphatic heterocycles. The Balaban J connectivity index is 1.94. The van der Waals surface area contributed by atoms with Crippen molar-refractivity contribution in [3.8, 4) is 17.2 Å². The van der Waals surface area contributed by atoms with Gasteiger partial charge in [0.2, 0.25) is 0 Å². The Morgan fingerprint density at radius 3 is 2.12 bits per heavy atom. The monoisotopic (exact) mass is 329 g/mol. The van der Waals surface area contributed by atoms with E-state index in [4.69, 9.17) is 14.2 Å². The predicted octanol–water partition coefficient (Wildman–Crippen LogP) is 3.21. The Morgan fingerprint density at radius 2 is 1.58 bits per heavy atom. The van der Waals surface area contributed by atoms with Crippen LogP contribution in [0.15, 0.2) is 42.5 Å². The van der Waals surface area contributed by atoms with Gasteiger partial charge in [-0.15, -0.1) is 0 Å². The lowest BCUT2D eigenvalue weighted by molar-refractivity contribution is 0.0926. The molecule has 0 aliphatic rings. The molecule has 2 aromatic rings. The Morgan fingerprint density at radius 1 is 1.00 bits per heavy atom. The van der Waals surface area contributed by atoms with E-state index in [1.165, 1.54) is 5.56 Å². The van der Waals surface area contributed by atoms with Crippen molar-refractivity contribution in [2.45, 2.75) is 19.9 Å². The molecule has 2 aromatic carbocycles. The van der Waals surface area contributed by atoms with Crippen LogP contribution in [-0.4, -0.2) is 32.8 Å². The molecule has 0 heterocycles. The predicted molar refractivity (Wildman–Crippen MR) is 93.1 cm³/mol. The molecule has 1 N–H and O–H groups in total. The lowest BCUT2D eigenvalue weighted by Gasteiger charge is -2.16. The molecule has 0 aliphatic carbocycles. The fourth-order valence-corrected chi connectivity index (χ4v) is 2.14. The van der Waals surface area contributed by atoms with Gasteiger partial charge in [-0.3, -0.25) is 4.79 Å². The number of carbonyl (C=O) groups excluding carboxylic acids is 1. The van der Waals surface area contributed by atoms with E-state index in [9.17, 15) is 4.79 Å². The minimum atomic E-state index is -0.202.